The molecule has 7 heteroatoms. The SMILES string of the molecule is Cc1nc(C)c(Cc2cccc(F)c2)c(N2CCCN(C(=O)c3cccc(Br)c3)CC2)n1. The second-order valence-corrected chi connectivity index (χ2v) is 9.02. The van der Waals surface area contributed by atoms with E-state index < -0.39 is 0 Å². The number of nitrogens with zero attached hydrogens (tertiary/aromatic N) is 4. The van der Waals surface area contributed by atoms with E-state index in [-0.39, 0.29) is 11.7 Å². The fourth-order valence-electron chi connectivity index (χ4n) is 4.17. The van der Waals surface area contributed by atoms with Gasteiger partial charge in [0.15, 0.2) is 0 Å². The molecule has 2 aromatic carbocycles. The van der Waals surface area contributed by atoms with Gasteiger partial charge in [0.1, 0.15) is 17.5 Å². The van der Waals surface area contributed by atoms with Crippen molar-refractivity contribution in [3.8, 4) is 0 Å². The molecule has 0 unspecified atom stereocenters. The van der Waals surface area contributed by atoms with Crippen LogP contribution >= 0.6 is 15.9 Å². The molecular weight excluding hydrogens is 471 g/mol. The second-order valence-electron chi connectivity index (χ2n) is 8.11. The van der Waals surface area contributed by atoms with E-state index in [1.807, 2.05) is 49.1 Å². The van der Waals surface area contributed by atoms with Crippen LogP contribution in [0.25, 0.3) is 0 Å². The normalized spacial score (nSPS) is 14.4. The van der Waals surface area contributed by atoms with Crippen LogP contribution in [0.2, 0.25) is 0 Å². The number of rotatable bonds is 4. The summed E-state index contributed by atoms with van der Waals surface area (Å²) in [5.41, 5.74) is 3.49. The van der Waals surface area contributed by atoms with Crippen LogP contribution in [-0.2, 0) is 6.42 Å². The minimum Gasteiger partial charge on any atom is -0.354 e. The number of carbonyl (C=O) groups excluding carboxylic acids is 1. The number of amides is 1. The molecule has 2 heterocycles. The summed E-state index contributed by atoms with van der Waals surface area (Å²) in [5.74, 6) is 1.40. The molecule has 1 aliphatic heterocycles. The average Bonchev–Trinajstić information content (AvgIpc) is 3.01. The molecule has 0 aliphatic carbocycles. The summed E-state index contributed by atoms with van der Waals surface area (Å²) in [7, 11) is 0. The maximum absolute atomic E-state index is 13.7. The van der Waals surface area contributed by atoms with Gasteiger partial charge < -0.3 is 9.80 Å². The highest BCUT2D eigenvalue weighted by molar-refractivity contribution is 9.10. The van der Waals surface area contributed by atoms with Gasteiger partial charge in [0.2, 0.25) is 0 Å². The van der Waals surface area contributed by atoms with Crippen molar-refractivity contribution < 1.29 is 9.18 Å². The topological polar surface area (TPSA) is 49.3 Å². The second kappa shape index (κ2) is 9.77. The smallest absolute Gasteiger partial charge is 0.253 e. The van der Waals surface area contributed by atoms with E-state index in [0.717, 1.165) is 40.1 Å². The molecule has 32 heavy (non-hydrogen) atoms. The number of halogens is 2. The summed E-state index contributed by atoms with van der Waals surface area (Å²) >= 11 is 3.45. The Kier molecular flexibility index (Phi) is 6.84. The van der Waals surface area contributed by atoms with Crippen molar-refractivity contribution in [3.05, 3.63) is 87.0 Å². The molecule has 1 amide bonds. The maximum Gasteiger partial charge on any atom is 0.253 e. The van der Waals surface area contributed by atoms with Gasteiger partial charge in [-0.15, -0.1) is 0 Å². The molecule has 4 rings (SSSR count). The van der Waals surface area contributed by atoms with Crippen LogP contribution in [0.1, 0.15) is 39.4 Å². The number of benzene rings is 2. The van der Waals surface area contributed by atoms with Gasteiger partial charge >= 0.3 is 0 Å². The van der Waals surface area contributed by atoms with E-state index in [4.69, 9.17) is 4.98 Å². The van der Waals surface area contributed by atoms with Crippen LogP contribution in [0.15, 0.2) is 53.0 Å². The van der Waals surface area contributed by atoms with Crippen LogP contribution in [0.3, 0.4) is 0 Å². The lowest BCUT2D eigenvalue weighted by Gasteiger charge is -2.26. The predicted octanol–water partition coefficient (Wildman–Crippen LogP) is 4.94. The van der Waals surface area contributed by atoms with Crippen molar-refractivity contribution in [3.63, 3.8) is 0 Å². The fourth-order valence-corrected chi connectivity index (χ4v) is 4.57. The highest BCUT2D eigenvalue weighted by Crippen LogP contribution is 2.26. The van der Waals surface area contributed by atoms with Crippen molar-refractivity contribution >= 4 is 27.7 Å². The first-order valence-electron chi connectivity index (χ1n) is 10.8. The van der Waals surface area contributed by atoms with Crippen LogP contribution in [0.4, 0.5) is 10.2 Å². The average molecular weight is 497 g/mol. The van der Waals surface area contributed by atoms with Crippen LogP contribution < -0.4 is 4.90 Å². The van der Waals surface area contributed by atoms with E-state index in [1.165, 1.54) is 6.07 Å². The zero-order valence-corrected chi connectivity index (χ0v) is 19.9. The summed E-state index contributed by atoms with van der Waals surface area (Å²) in [6.45, 7) is 6.67. The Balaban J connectivity index is 1.57. The van der Waals surface area contributed by atoms with Crippen LogP contribution in [0.5, 0.6) is 0 Å². The van der Waals surface area contributed by atoms with Gasteiger partial charge in [0.05, 0.1) is 0 Å². The van der Waals surface area contributed by atoms with Gasteiger partial charge in [-0.1, -0.05) is 34.1 Å². The molecule has 166 valence electrons. The van der Waals surface area contributed by atoms with E-state index in [0.29, 0.717) is 37.4 Å². The van der Waals surface area contributed by atoms with E-state index in [2.05, 4.69) is 25.8 Å². The van der Waals surface area contributed by atoms with Crippen molar-refractivity contribution in [1.29, 1.82) is 0 Å². The lowest BCUT2D eigenvalue weighted by Crippen LogP contribution is -2.35. The molecule has 0 spiro atoms. The van der Waals surface area contributed by atoms with E-state index in [1.54, 1.807) is 12.1 Å². The highest BCUT2D eigenvalue weighted by atomic mass is 79.9. The maximum atomic E-state index is 13.7. The van der Waals surface area contributed by atoms with Gasteiger partial charge in [0.25, 0.3) is 5.91 Å². The van der Waals surface area contributed by atoms with E-state index in [9.17, 15) is 9.18 Å². The summed E-state index contributed by atoms with van der Waals surface area (Å²) < 4.78 is 14.6. The molecule has 0 bridgehead atoms. The molecule has 0 N–H and O–H groups in total. The molecule has 0 radical (unpaired) electrons. The summed E-state index contributed by atoms with van der Waals surface area (Å²) in [6, 6.07) is 14.2. The van der Waals surface area contributed by atoms with Crippen molar-refractivity contribution in [1.82, 2.24) is 14.9 Å². The van der Waals surface area contributed by atoms with Gasteiger partial charge in [-0.05, 0) is 56.2 Å². The number of carbonyl (C=O) groups is 1. The van der Waals surface area contributed by atoms with Gasteiger partial charge in [-0.2, -0.15) is 0 Å². The Morgan fingerprint density at radius 3 is 2.62 bits per heavy atom. The third kappa shape index (κ3) is 5.15. The number of anilines is 1. The quantitative estimate of drug-likeness (QED) is 0.513. The summed E-state index contributed by atoms with van der Waals surface area (Å²) in [5, 5.41) is 0. The molecule has 1 aliphatic rings. The van der Waals surface area contributed by atoms with Crippen molar-refractivity contribution in [2.45, 2.75) is 26.7 Å². The van der Waals surface area contributed by atoms with Gasteiger partial charge in [-0.3, -0.25) is 4.79 Å². The lowest BCUT2D eigenvalue weighted by molar-refractivity contribution is 0.0767. The summed E-state index contributed by atoms with van der Waals surface area (Å²) in [6.07, 6.45) is 1.41. The monoisotopic (exact) mass is 496 g/mol. The van der Waals surface area contributed by atoms with Crippen molar-refractivity contribution in [2.75, 3.05) is 31.1 Å². The predicted molar refractivity (Wildman–Crippen MR) is 128 cm³/mol. The Morgan fingerprint density at radius 1 is 1.03 bits per heavy atom. The first-order chi connectivity index (χ1) is 15.4. The van der Waals surface area contributed by atoms with E-state index >= 15 is 0 Å². The minimum atomic E-state index is -0.244. The van der Waals surface area contributed by atoms with Gasteiger partial charge in [-0.25, -0.2) is 14.4 Å². The van der Waals surface area contributed by atoms with Crippen LogP contribution in [-0.4, -0.2) is 47.0 Å². The Labute approximate surface area is 196 Å². The van der Waals surface area contributed by atoms with Gasteiger partial charge in [0, 0.05) is 53.9 Å². The third-order valence-electron chi connectivity index (χ3n) is 5.73. The standard InChI is InChI=1S/C25H26BrFN4O/c1-17-23(15-19-6-3-9-22(27)14-19)24(29-18(2)28-17)30-10-5-11-31(13-12-30)25(32)20-7-4-8-21(26)16-20/h3-4,6-9,14,16H,5,10-13,15H2,1-2H3. The molecule has 1 saturated heterocycles. The molecule has 1 fully saturated rings. The van der Waals surface area contributed by atoms with Crippen LogP contribution in [0, 0.1) is 19.7 Å². The molecular formula is C25H26BrFN4O. The molecule has 1 aromatic heterocycles. The zero-order valence-electron chi connectivity index (χ0n) is 18.3. The van der Waals surface area contributed by atoms with Crippen molar-refractivity contribution in [2.24, 2.45) is 0 Å². The number of aromatic nitrogens is 2. The zero-order chi connectivity index (χ0) is 22.7. The molecule has 0 atom stereocenters. The minimum absolute atomic E-state index is 0.0446. The Morgan fingerprint density at radius 2 is 1.84 bits per heavy atom. The Bertz CT molecular complexity index is 1140. The first-order valence-corrected chi connectivity index (χ1v) is 11.6. The number of hydrogen-bond acceptors (Lipinski definition) is 4. The third-order valence-corrected chi connectivity index (χ3v) is 6.22. The Hall–Kier alpha value is -2.80. The molecule has 0 saturated carbocycles. The first kappa shape index (κ1) is 22.4. The molecule has 5 nitrogen and oxygen atoms in total. The largest absolute Gasteiger partial charge is 0.354 e. The highest BCUT2D eigenvalue weighted by Gasteiger charge is 2.24. The molecule has 3 aromatic rings. The number of hydrogen-bond donors (Lipinski definition) is 0. The lowest BCUT2D eigenvalue weighted by atomic mass is 10.0. The number of aryl methyl sites for hydroxylation is 2. The summed E-state index contributed by atoms with van der Waals surface area (Å²) in [4.78, 5) is 26.5. The fraction of sp³-hybridized carbons (Fsp3) is 0.320.